The van der Waals surface area contributed by atoms with Gasteiger partial charge in [-0.2, -0.15) is 16.8 Å². The molecule has 0 aliphatic rings. The molecule has 0 bridgehead atoms. The molecule has 0 saturated heterocycles. The summed E-state index contributed by atoms with van der Waals surface area (Å²) in [6, 6.07) is 11.6. The van der Waals surface area contributed by atoms with Gasteiger partial charge in [0.25, 0.3) is 20.2 Å². The fourth-order valence-electron chi connectivity index (χ4n) is 2.61. The summed E-state index contributed by atoms with van der Waals surface area (Å²) in [5.41, 5.74) is 1.66. The van der Waals surface area contributed by atoms with Gasteiger partial charge in [-0.1, -0.05) is 49.2 Å². The monoisotopic (exact) mass is 498 g/mol. The molecule has 9 nitrogen and oxygen atoms in total. The molecule has 0 fully saturated rings. The Morgan fingerprint density at radius 3 is 1.24 bits per heavy atom. The van der Waals surface area contributed by atoms with Gasteiger partial charge >= 0.3 is 11.9 Å². The van der Waals surface area contributed by atoms with Crippen LogP contribution < -0.4 is 0 Å². The van der Waals surface area contributed by atoms with Crippen LogP contribution in [-0.4, -0.2) is 41.0 Å². The number of aryl methyl sites for hydroxylation is 2. The first-order chi connectivity index (χ1) is 15.4. The van der Waals surface area contributed by atoms with E-state index in [2.05, 4.69) is 0 Å². The number of hydrogen-bond donors (Lipinski definition) is 0. The molecule has 0 saturated carbocycles. The van der Waals surface area contributed by atoms with Crippen molar-refractivity contribution in [2.45, 2.75) is 62.5 Å². The summed E-state index contributed by atoms with van der Waals surface area (Å²) in [4.78, 5) is 24.5. The van der Waals surface area contributed by atoms with E-state index in [0.717, 1.165) is 11.1 Å². The zero-order chi connectivity index (χ0) is 24.8. The van der Waals surface area contributed by atoms with E-state index in [1.165, 1.54) is 38.1 Å². The Bertz CT molecular complexity index is 1090. The van der Waals surface area contributed by atoms with Crippen molar-refractivity contribution in [2.24, 2.45) is 0 Å². The van der Waals surface area contributed by atoms with Gasteiger partial charge in [-0.25, -0.2) is 9.59 Å². The number of ether oxygens (including phenoxy) is 1. The van der Waals surface area contributed by atoms with Crippen molar-refractivity contribution in [3.05, 3.63) is 59.7 Å². The van der Waals surface area contributed by atoms with Crippen LogP contribution in [0.2, 0.25) is 0 Å². The third-order valence-electron chi connectivity index (χ3n) is 4.57. The van der Waals surface area contributed by atoms with Crippen LogP contribution >= 0.6 is 0 Å². The van der Waals surface area contributed by atoms with Crippen LogP contribution in [0.4, 0.5) is 0 Å². The molecule has 0 aromatic heterocycles. The van der Waals surface area contributed by atoms with E-state index in [9.17, 15) is 26.4 Å². The van der Waals surface area contributed by atoms with Crippen LogP contribution in [0.1, 0.15) is 37.8 Å². The van der Waals surface area contributed by atoms with Crippen LogP contribution in [0.5, 0.6) is 0 Å². The molecule has 0 amide bonds. The molecule has 11 heteroatoms. The topological polar surface area (TPSA) is 130 Å². The van der Waals surface area contributed by atoms with Crippen molar-refractivity contribution in [1.82, 2.24) is 0 Å². The Kier molecular flexibility index (Phi) is 8.89. The maximum Gasteiger partial charge on any atom is 0.344 e. The van der Waals surface area contributed by atoms with E-state index >= 15 is 0 Å². The van der Waals surface area contributed by atoms with E-state index in [0.29, 0.717) is 0 Å². The molecule has 2 unspecified atom stereocenters. The average Bonchev–Trinajstić information content (AvgIpc) is 2.76. The van der Waals surface area contributed by atoms with Gasteiger partial charge in [0.1, 0.15) is 0 Å². The molecular weight excluding hydrogens is 472 g/mol. The molecule has 0 aliphatic heterocycles. The standard InChI is InChI=1S/C22H26O9S2/c1-5-19(30-32(25,26)17-11-7-15(3)8-12-17)21(23)29-22(24)20(6-2)31-33(27,28)18-13-9-16(4)10-14-18/h7-14,19-20H,5-6H2,1-4H3. The first-order valence-corrected chi connectivity index (χ1v) is 13.0. The van der Waals surface area contributed by atoms with Gasteiger partial charge in [-0.15, -0.1) is 0 Å². The fraction of sp³-hybridized carbons (Fsp3) is 0.364. The summed E-state index contributed by atoms with van der Waals surface area (Å²) < 4.78 is 64.4. The molecule has 2 aromatic rings. The minimum Gasteiger partial charge on any atom is -0.389 e. The van der Waals surface area contributed by atoms with Crippen molar-refractivity contribution >= 4 is 32.2 Å². The highest BCUT2D eigenvalue weighted by Gasteiger charge is 2.33. The van der Waals surface area contributed by atoms with Gasteiger partial charge in [0, 0.05) is 0 Å². The smallest absolute Gasteiger partial charge is 0.344 e. The lowest BCUT2D eigenvalue weighted by Gasteiger charge is -2.17. The summed E-state index contributed by atoms with van der Waals surface area (Å²) in [6.07, 6.45) is -3.44. The second-order valence-corrected chi connectivity index (χ2v) is 10.4. The third-order valence-corrected chi connectivity index (χ3v) is 7.24. The van der Waals surface area contributed by atoms with E-state index in [1.54, 1.807) is 38.1 Å². The first kappa shape index (κ1) is 26.7. The van der Waals surface area contributed by atoms with Crippen molar-refractivity contribution < 1.29 is 39.5 Å². The lowest BCUT2D eigenvalue weighted by Crippen LogP contribution is -2.35. The summed E-state index contributed by atoms with van der Waals surface area (Å²) in [5.74, 6) is -2.54. The molecular formula is C22H26O9S2. The summed E-state index contributed by atoms with van der Waals surface area (Å²) in [6.45, 7) is 6.49. The molecule has 2 rings (SSSR count). The predicted octanol–water partition coefficient (Wildman–Crippen LogP) is 3.04. The van der Waals surface area contributed by atoms with Crippen molar-refractivity contribution in [3.63, 3.8) is 0 Å². The molecule has 0 heterocycles. The summed E-state index contributed by atoms with van der Waals surface area (Å²) >= 11 is 0. The molecule has 180 valence electrons. The van der Waals surface area contributed by atoms with Crippen LogP contribution in [0.3, 0.4) is 0 Å². The molecule has 0 spiro atoms. The number of hydrogen-bond acceptors (Lipinski definition) is 9. The highest BCUT2D eigenvalue weighted by Crippen LogP contribution is 2.19. The van der Waals surface area contributed by atoms with Gasteiger partial charge in [-0.05, 0) is 51.0 Å². The van der Waals surface area contributed by atoms with Gasteiger partial charge < -0.3 is 4.74 Å². The van der Waals surface area contributed by atoms with Crippen molar-refractivity contribution in [1.29, 1.82) is 0 Å². The predicted molar refractivity (Wildman–Crippen MR) is 118 cm³/mol. The van der Waals surface area contributed by atoms with E-state index in [1.807, 2.05) is 0 Å². The number of benzene rings is 2. The zero-order valence-electron chi connectivity index (χ0n) is 18.7. The van der Waals surface area contributed by atoms with Crippen LogP contribution in [0.25, 0.3) is 0 Å². The van der Waals surface area contributed by atoms with Crippen molar-refractivity contribution in [3.8, 4) is 0 Å². The molecule has 33 heavy (non-hydrogen) atoms. The largest absolute Gasteiger partial charge is 0.389 e. The van der Waals surface area contributed by atoms with Crippen molar-refractivity contribution in [2.75, 3.05) is 0 Å². The Morgan fingerprint density at radius 1 is 0.667 bits per heavy atom. The Balaban J connectivity index is 2.10. The van der Waals surface area contributed by atoms with E-state index < -0.39 is 44.4 Å². The van der Waals surface area contributed by atoms with Crippen LogP contribution in [0.15, 0.2) is 58.3 Å². The maximum atomic E-state index is 12.4. The normalized spacial score (nSPS) is 13.8. The number of rotatable bonds is 10. The van der Waals surface area contributed by atoms with Gasteiger partial charge in [-0.3, -0.25) is 8.37 Å². The second kappa shape index (κ2) is 11.0. The Labute approximate surface area is 193 Å². The molecule has 2 aromatic carbocycles. The number of carbonyl (C=O) groups excluding carboxylic acids is 2. The SMILES string of the molecule is CCC(OS(=O)(=O)c1ccc(C)cc1)C(=O)OC(=O)C(CC)OS(=O)(=O)c1ccc(C)cc1. The Morgan fingerprint density at radius 2 is 0.970 bits per heavy atom. The Hall–Kier alpha value is -2.60. The average molecular weight is 499 g/mol. The third kappa shape index (κ3) is 7.19. The number of esters is 2. The summed E-state index contributed by atoms with van der Waals surface area (Å²) in [7, 11) is -8.61. The minimum atomic E-state index is -4.30. The molecule has 0 N–H and O–H groups in total. The lowest BCUT2D eigenvalue weighted by atomic mass is 10.2. The lowest BCUT2D eigenvalue weighted by molar-refractivity contribution is -0.169. The summed E-state index contributed by atoms with van der Waals surface area (Å²) in [5, 5.41) is 0. The van der Waals surface area contributed by atoms with Gasteiger partial charge in [0.05, 0.1) is 9.79 Å². The molecule has 2 atom stereocenters. The van der Waals surface area contributed by atoms with Gasteiger partial charge in [0.15, 0.2) is 12.2 Å². The van der Waals surface area contributed by atoms with Gasteiger partial charge in [0.2, 0.25) is 0 Å². The highest BCUT2D eigenvalue weighted by molar-refractivity contribution is 7.87. The quantitative estimate of drug-likeness (QED) is 0.275. The highest BCUT2D eigenvalue weighted by atomic mass is 32.2. The maximum absolute atomic E-state index is 12.4. The second-order valence-electron chi connectivity index (χ2n) is 7.26. The minimum absolute atomic E-state index is 0.115. The zero-order valence-corrected chi connectivity index (χ0v) is 20.3. The fourth-order valence-corrected chi connectivity index (χ4v) is 4.81. The first-order valence-electron chi connectivity index (χ1n) is 10.1. The van der Waals surface area contributed by atoms with E-state index in [-0.39, 0.29) is 22.6 Å². The number of carbonyl (C=O) groups is 2. The van der Waals surface area contributed by atoms with Crippen LogP contribution in [-0.2, 0) is 42.9 Å². The molecule has 0 radical (unpaired) electrons. The molecule has 0 aliphatic carbocycles. The van der Waals surface area contributed by atoms with Crippen LogP contribution in [0, 0.1) is 13.8 Å². The van der Waals surface area contributed by atoms with E-state index in [4.69, 9.17) is 13.1 Å².